The number of anilines is 1. The van der Waals surface area contributed by atoms with Crippen LogP contribution >= 0.6 is 0 Å². The van der Waals surface area contributed by atoms with E-state index in [1.165, 1.54) is 9.87 Å². The van der Waals surface area contributed by atoms with Gasteiger partial charge in [0.15, 0.2) is 0 Å². The van der Waals surface area contributed by atoms with Crippen LogP contribution in [0, 0.1) is 5.92 Å². The van der Waals surface area contributed by atoms with Crippen molar-refractivity contribution in [2.75, 3.05) is 30.8 Å². The minimum atomic E-state index is -3.63. The number of hydrogen-bond donors (Lipinski definition) is 0. The number of methoxy groups -OCH3 is 1. The van der Waals surface area contributed by atoms with Gasteiger partial charge in [-0.2, -0.15) is 0 Å². The number of hydrogen-bond acceptors (Lipinski definition) is 4. The number of likely N-dealkylation sites (tertiary alicyclic amines) is 1. The minimum absolute atomic E-state index is 0.158. The van der Waals surface area contributed by atoms with Gasteiger partial charge in [0.1, 0.15) is 11.8 Å². The summed E-state index contributed by atoms with van der Waals surface area (Å²) in [6.45, 7) is 2.96. The molecule has 1 saturated heterocycles. The SMILES string of the molecule is COc1ccc(N([C@H](C)C(=O)N2CCC(Cc3ccccc3)CC2)S(C)(=O)=O)cc1. The summed E-state index contributed by atoms with van der Waals surface area (Å²) in [6, 6.07) is 16.3. The Morgan fingerprint density at radius 3 is 2.23 bits per heavy atom. The van der Waals surface area contributed by atoms with Crippen LogP contribution in [0.1, 0.15) is 25.3 Å². The van der Waals surface area contributed by atoms with Gasteiger partial charge in [0.25, 0.3) is 0 Å². The highest BCUT2D eigenvalue weighted by Crippen LogP contribution is 2.26. The zero-order chi connectivity index (χ0) is 21.7. The summed E-state index contributed by atoms with van der Waals surface area (Å²) >= 11 is 0. The number of carbonyl (C=O) groups excluding carboxylic acids is 1. The predicted molar refractivity (Wildman–Crippen MR) is 119 cm³/mol. The first kappa shape index (κ1) is 22.2. The van der Waals surface area contributed by atoms with Gasteiger partial charge in [-0.1, -0.05) is 30.3 Å². The second-order valence-corrected chi connectivity index (χ2v) is 9.75. The molecular weight excluding hydrogens is 400 g/mol. The fraction of sp³-hybridized carbons (Fsp3) is 0.435. The summed E-state index contributed by atoms with van der Waals surface area (Å²) < 4.78 is 31.3. The van der Waals surface area contributed by atoms with Crippen molar-refractivity contribution >= 4 is 21.6 Å². The Hall–Kier alpha value is -2.54. The molecule has 1 atom stereocenters. The van der Waals surface area contributed by atoms with E-state index in [-0.39, 0.29) is 5.91 Å². The van der Waals surface area contributed by atoms with Crippen LogP contribution in [0.25, 0.3) is 0 Å². The van der Waals surface area contributed by atoms with Crippen molar-refractivity contribution < 1.29 is 17.9 Å². The molecule has 1 aliphatic heterocycles. The second kappa shape index (κ2) is 9.51. The molecule has 6 nitrogen and oxygen atoms in total. The van der Waals surface area contributed by atoms with Gasteiger partial charge >= 0.3 is 0 Å². The molecule has 0 spiro atoms. The average Bonchev–Trinajstić information content (AvgIpc) is 2.74. The maximum atomic E-state index is 13.1. The van der Waals surface area contributed by atoms with Gasteiger partial charge < -0.3 is 9.64 Å². The third-order valence-electron chi connectivity index (χ3n) is 5.69. The van der Waals surface area contributed by atoms with E-state index in [1.54, 1.807) is 43.2 Å². The molecule has 1 heterocycles. The van der Waals surface area contributed by atoms with Crippen LogP contribution in [0.4, 0.5) is 5.69 Å². The molecule has 1 aliphatic rings. The smallest absolute Gasteiger partial charge is 0.246 e. The molecule has 2 aromatic carbocycles. The fourth-order valence-corrected chi connectivity index (χ4v) is 5.27. The summed E-state index contributed by atoms with van der Waals surface area (Å²) in [5, 5.41) is 0. The maximum absolute atomic E-state index is 13.1. The lowest BCUT2D eigenvalue weighted by Crippen LogP contribution is -2.51. The monoisotopic (exact) mass is 430 g/mol. The number of sulfonamides is 1. The normalized spacial score (nSPS) is 16.2. The van der Waals surface area contributed by atoms with Crippen LogP contribution in [0.3, 0.4) is 0 Å². The number of nitrogens with zero attached hydrogens (tertiary/aromatic N) is 2. The molecule has 2 aromatic rings. The van der Waals surface area contributed by atoms with Crippen molar-refractivity contribution in [1.29, 1.82) is 0 Å². The molecule has 7 heteroatoms. The van der Waals surface area contributed by atoms with Crippen molar-refractivity contribution in [3.8, 4) is 5.75 Å². The largest absolute Gasteiger partial charge is 0.497 e. The number of benzene rings is 2. The first-order valence-corrected chi connectivity index (χ1v) is 12.1. The van der Waals surface area contributed by atoms with Gasteiger partial charge in [0.2, 0.25) is 15.9 Å². The van der Waals surface area contributed by atoms with Crippen LogP contribution in [0.5, 0.6) is 5.75 Å². The third kappa shape index (κ3) is 5.33. The van der Waals surface area contributed by atoms with Crippen molar-refractivity contribution in [1.82, 2.24) is 4.90 Å². The van der Waals surface area contributed by atoms with Crippen LogP contribution in [0.15, 0.2) is 54.6 Å². The zero-order valence-electron chi connectivity index (χ0n) is 17.8. The Balaban J connectivity index is 1.67. The van der Waals surface area contributed by atoms with Crippen LogP contribution in [-0.4, -0.2) is 51.7 Å². The highest BCUT2D eigenvalue weighted by atomic mass is 32.2. The number of ether oxygens (including phenoxy) is 1. The number of carbonyl (C=O) groups is 1. The van der Waals surface area contributed by atoms with E-state index in [2.05, 4.69) is 24.3 Å². The van der Waals surface area contributed by atoms with Crippen molar-refractivity contribution in [2.45, 2.75) is 32.2 Å². The molecule has 1 amide bonds. The quantitative estimate of drug-likeness (QED) is 0.676. The Labute approximate surface area is 179 Å². The lowest BCUT2D eigenvalue weighted by Gasteiger charge is -2.36. The van der Waals surface area contributed by atoms with Crippen molar-refractivity contribution in [3.63, 3.8) is 0 Å². The number of piperidine rings is 1. The Morgan fingerprint density at radius 2 is 1.70 bits per heavy atom. The molecule has 162 valence electrons. The van der Waals surface area contributed by atoms with Gasteiger partial charge in [-0.25, -0.2) is 8.42 Å². The molecule has 0 unspecified atom stereocenters. The zero-order valence-corrected chi connectivity index (χ0v) is 18.6. The van der Waals surface area contributed by atoms with E-state index in [1.807, 2.05) is 6.07 Å². The van der Waals surface area contributed by atoms with Crippen molar-refractivity contribution in [2.24, 2.45) is 5.92 Å². The fourth-order valence-electron chi connectivity index (χ4n) is 4.10. The van der Waals surface area contributed by atoms with E-state index < -0.39 is 16.1 Å². The summed E-state index contributed by atoms with van der Waals surface area (Å²) in [4.78, 5) is 14.9. The maximum Gasteiger partial charge on any atom is 0.246 e. The molecule has 0 N–H and O–H groups in total. The first-order chi connectivity index (χ1) is 14.3. The van der Waals surface area contributed by atoms with Gasteiger partial charge in [-0.3, -0.25) is 9.10 Å². The summed E-state index contributed by atoms with van der Waals surface area (Å²) in [5.41, 5.74) is 1.77. The van der Waals surface area contributed by atoms with Crippen LogP contribution in [0.2, 0.25) is 0 Å². The summed E-state index contributed by atoms with van der Waals surface area (Å²) in [6.07, 6.45) is 4.00. The molecule has 0 saturated carbocycles. The topological polar surface area (TPSA) is 66.9 Å². The molecule has 0 bridgehead atoms. The molecule has 3 rings (SSSR count). The molecule has 1 fully saturated rings. The second-order valence-electron chi connectivity index (χ2n) is 7.89. The first-order valence-electron chi connectivity index (χ1n) is 10.3. The van der Waals surface area contributed by atoms with Crippen molar-refractivity contribution in [3.05, 3.63) is 60.2 Å². The van der Waals surface area contributed by atoms with Crippen LogP contribution in [-0.2, 0) is 21.2 Å². The molecular formula is C23H30N2O4S. The van der Waals surface area contributed by atoms with Gasteiger partial charge in [-0.05, 0) is 61.9 Å². The standard InChI is InChI=1S/C23H30N2O4S/c1-18(25(30(3,27)28)21-9-11-22(29-2)12-10-21)23(26)24-15-13-20(14-16-24)17-19-7-5-4-6-8-19/h4-12,18,20H,13-17H2,1-3H3/t18-/m1/s1. The van der Waals surface area contributed by atoms with E-state index in [0.29, 0.717) is 30.4 Å². The minimum Gasteiger partial charge on any atom is -0.497 e. The molecule has 0 aromatic heterocycles. The lowest BCUT2D eigenvalue weighted by molar-refractivity contribution is -0.133. The average molecular weight is 431 g/mol. The highest BCUT2D eigenvalue weighted by Gasteiger charge is 2.33. The van der Waals surface area contributed by atoms with E-state index in [4.69, 9.17) is 4.74 Å². The Bertz CT molecular complexity index is 937. The summed E-state index contributed by atoms with van der Waals surface area (Å²) in [7, 11) is -2.07. The lowest BCUT2D eigenvalue weighted by atomic mass is 9.90. The third-order valence-corrected chi connectivity index (χ3v) is 6.93. The molecule has 0 radical (unpaired) electrons. The Morgan fingerprint density at radius 1 is 1.10 bits per heavy atom. The van der Waals surface area contributed by atoms with E-state index >= 15 is 0 Å². The van der Waals surface area contributed by atoms with Gasteiger partial charge in [0.05, 0.1) is 19.1 Å². The van der Waals surface area contributed by atoms with Gasteiger partial charge in [0, 0.05) is 13.1 Å². The van der Waals surface area contributed by atoms with Crippen LogP contribution < -0.4 is 9.04 Å². The molecule has 30 heavy (non-hydrogen) atoms. The molecule has 0 aliphatic carbocycles. The Kier molecular flexibility index (Phi) is 7.02. The van der Waals surface area contributed by atoms with E-state index in [0.717, 1.165) is 25.5 Å². The summed E-state index contributed by atoms with van der Waals surface area (Å²) in [5.74, 6) is 1.01. The highest BCUT2D eigenvalue weighted by molar-refractivity contribution is 7.92. The van der Waals surface area contributed by atoms with E-state index in [9.17, 15) is 13.2 Å². The predicted octanol–water partition coefficient (Wildman–Crippen LogP) is 3.33. The number of amides is 1. The number of rotatable bonds is 7. The van der Waals surface area contributed by atoms with Gasteiger partial charge in [-0.15, -0.1) is 0 Å².